The van der Waals surface area contributed by atoms with Gasteiger partial charge < -0.3 is 9.84 Å². The summed E-state index contributed by atoms with van der Waals surface area (Å²) in [5.41, 5.74) is 3.65. The molecule has 1 aromatic heterocycles. The second-order valence-corrected chi connectivity index (χ2v) is 11.3. The van der Waals surface area contributed by atoms with Gasteiger partial charge in [-0.2, -0.15) is 0 Å². The second kappa shape index (κ2) is 9.04. The summed E-state index contributed by atoms with van der Waals surface area (Å²) in [6.07, 6.45) is 1.24. The molecule has 1 N–H and O–H groups in total. The molecule has 6 nitrogen and oxygen atoms in total. The van der Waals surface area contributed by atoms with E-state index in [1.807, 2.05) is 66.7 Å². The fourth-order valence-corrected chi connectivity index (χ4v) is 7.61. The number of hydrogen-bond acceptors (Lipinski definition) is 6. The first-order chi connectivity index (χ1) is 16.4. The van der Waals surface area contributed by atoms with E-state index in [4.69, 9.17) is 9.84 Å². The van der Waals surface area contributed by atoms with E-state index >= 15 is 0 Å². The van der Waals surface area contributed by atoms with Crippen molar-refractivity contribution in [1.82, 2.24) is 4.98 Å². The molecule has 0 unspecified atom stereocenters. The number of sulfone groups is 1. The molecule has 3 aromatic carbocycles. The predicted octanol–water partition coefficient (Wildman–Crippen LogP) is 4.94. The van der Waals surface area contributed by atoms with E-state index in [1.54, 1.807) is 12.1 Å². The lowest BCUT2D eigenvalue weighted by molar-refractivity contribution is -0.139. The molecule has 0 fully saturated rings. The van der Waals surface area contributed by atoms with Gasteiger partial charge in [0.1, 0.15) is 11.0 Å². The first-order valence-electron chi connectivity index (χ1n) is 10.8. The Kier molecular flexibility index (Phi) is 5.93. The summed E-state index contributed by atoms with van der Waals surface area (Å²) in [6.45, 7) is -0.435. The summed E-state index contributed by atoms with van der Waals surface area (Å²) in [6, 6.07) is 23.7. The molecule has 0 amide bonds. The van der Waals surface area contributed by atoms with Crippen LogP contribution in [-0.2, 0) is 27.5 Å². The Bertz CT molecular complexity index is 1410. The van der Waals surface area contributed by atoms with Crippen molar-refractivity contribution in [3.8, 4) is 17.0 Å². The number of ether oxygens (including phenoxy) is 1. The van der Waals surface area contributed by atoms with Crippen molar-refractivity contribution < 1.29 is 23.1 Å². The number of aromatic nitrogens is 1. The van der Waals surface area contributed by atoms with Crippen molar-refractivity contribution in [3.05, 3.63) is 100 Å². The number of aliphatic carboxylic acids is 1. The highest BCUT2D eigenvalue weighted by Crippen LogP contribution is 2.44. The minimum absolute atomic E-state index is 0.0833. The number of aryl methyl sites for hydroxylation is 1. The maximum atomic E-state index is 14.0. The van der Waals surface area contributed by atoms with Crippen molar-refractivity contribution in [2.24, 2.45) is 0 Å². The number of benzene rings is 3. The lowest BCUT2D eigenvalue weighted by Crippen LogP contribution is -2.15. The Morgan fingerprint density at radius 2 is 1.59 bits per heavy atom. The predicted molar refractivity (Wildman–Crippen MR) is 130 cm³/mol. The van der Waals surface area contributed by atoms with Crippen LogP contribution in [0.3, 0.4) is 0 Å². The average Bonchev–Trinajstić information content (AvgIpc) is 3.30. The lowest BCUT2D eigenvalue weighted by atomic mass is 9.93. The van der Waals surface area contributed by atoms with Gasteiger partial charge in [0.15, 0.2) is 6.61 Å². The van der Waals surface area contributed by atoms with Gasteiger partial charge in [0.2, 0.25) is 14.2 Å². The molecule has 0 bridgehead atoms. The number of hydrogen-bond donors (Lipinski definition) is 1. The average molecular weight is 492 g/mol. The Balaban J connectivity index is 1.59. The number of fused-ring (bicyclic) bond motifs is 3. The van der Waals surface area contributed by atoms with E-state index in [-0.39, 0.29) is 4.34 Å². The Morgan fingerprint density at radius 1 is 0.941 bits per heavy atom. The van der Waals surface area contributed by atoms with Crippen molar-refractivity contribution in [3.63, 3.8) is 0 Å². The maximum absolute atomic E-state index is 14.0. The van der Waals surface area contributed by atoms with Gasteiger partial charge in [0.05, 0.1) is 5.69 Å². The summed E-state index contributed by atoms with van der Waals surface area (Å²) >= 11 is 1.21. The maximum Gasteiger partial charge on any atom is 0.341 e. The van der Waals surface area contributed by atoms with Crippen LogP contribution in [0.1, 0.15) is 26.8 Å². The number of carboxylic acid groups (broad SMARTS) is 1. The zero-order chi connectivity index (χ0) is 23.7. The van der Waals surface area contributed by atoms with Crippen LogP contribution in [0.5, 0.6) is 5.75 Å². The minimum Gasteiger partial charge on any atom is -0.482 e. The van der Waals surface area contributed by atoms with E-state index in [0.717, 1.165) is 16.0 Å². The zero-order valence-corrected chi connectivity index (χ0v) is 19.7. The van der Waals surface area contributed by atoms with Gasteiger partial charge in [0.25, 0.3) is 0 Å². The monoisotopic (exact) mass is 491 g/mol. The van der Waals surface area contributed by atoms with Crippen LogP contribution in [0.4, 0.5) is 0 Å². The van der Waals surface area contributed by atoms with Crippen LogP contribution in [-0.4, -0.2) is 31.1 Å². The fraction of sp³-hybridized carbons (Fsp3) is 0.154. The van der Waals surface area contributed by atoms with E-state index in [2.05, 4.69) is 4.98 Å². The summed E-state index contributed by atoms with van der Waals surface area (Å²) in [4.78, 5) is 16.5. The number of rotatable bonds is 7. The molecule has 0 aliphatic heterocycles. The topological polar surface area (TPSA) is 93.6 Å². The minimum atomic E-state index is -3.84. The van der Waals surface area contributed by atoms with Crippen LogP contribution in [0.15, 0.2) is 83.2 Å². The van der Waals surface area contributed by atoms with E-state index in [1.165, 1.54) is 11.3 Å². The van der Waals surface area contributed by atoms with Gasteiger partial charge in [-0.15, -0.1) is 11.3 Å². The van der Waals surface area contributed by atoms with Crippen molar-refractivity contribution in [2.45, 2.75) is 22.4 Å². The van der Waals surface area contributed by atoms with E-state index in [9.17, 15) is 13.2 Å². The lowest BCUT2D eigenvalue weighted by Gasteiger charge is -2.18. The summed E-state index contributed by atoms with van der Waals surface area (Å²) in [7, 11) is -3.84. The molecule has 0 saturated heterocycles. The summed E-state index contributed by atoms with van der Waals surface area (Å²) in [5.74, 6) is -0.557. The largest absolute Gasteiger partial charge is 0.482 e. The summed E-state index contributed by atoms with van der Waals surface area (Å²) < 4.78 is 33.5. The van der Waals surface area contributed by atoms with E-state index in [0.29, 0.717) is 35.4 Å². The molecule has 172 valence electrons. The van der Waals surface area contributed by atoms with Gasteiger partial charge in [-0.1, -0.05) is 72.8 Å². The molecule has 8 heteroatoms. The number of carbonyl (C=O) groups is 1. The van der Waals surface area contributed by atoms with Crippen LogP contribution >= 0.6 is 11.3 Å². The van der Waals surface area contributed by atoms with Crippen molar-refractivity contribution >= 4 is 27.1 Å². The highest BCUT2D eigenvalue weighted by Gasteiger charge is 2.35. The van der Waals surface area contributed by atoms with Gasteiger partial charge in [-0.25, -0.2) is 18.2 Å². The highest BCUT2D eigenvalue weighted by atomic mass is 32.2. The first kappa shape index (κ1) is 22.3. The van der Waals surface area contributed by atoms with E-state index < -0.39 is 27.7 Å². The molecular formula is C26H21NO5S2. The quantitative estimate of drug-likeness (QED) is 0.394. The fourth-order valence-electron chi connectivity index (χ4n) is 4.30. The van der Waals surface area contributed by atoms with Crippen LogP contribution < -0.4 is 4.74 Å². The molecule has 0 saturated carbocycles. The van der Waals surface area contributed by atoms with Gasteiger partial charge >= 0.3 is 5.97 Å². The van der Waals surface area contributed by atoms with Crippen molar-refractivity contribution in [2.75, 3.05) is 6.61 Å². The molecule has 4 aromatic rings. The molecule has 0 atom stereocenters. The molecule has 0 spiro atoms. The Labute approximate surface area is 201 Å². The van der Waals surface area contributed by atoms with Gasteiger partial charge in [-0.05, 0) is 30.0 Å². The van der Waals surface area contributed by atoms with Gasteiger partial charge in [0, 0.05) is 16.0 Å². The normalized spacial score (nSPS) is 12.7. The first-order valence-corrected chi connectivity index (χ1v) is 13.1. The molecule has 0 radical (unpaired) electrons. The smallest absolute Gasteiger partial charge is 0.341 e. The molecular weight excluding hydrogens is 470 g/mol. The van der Waals surface area contributed by atoms with Crippen LogP contribution in [0.25, 0.3) is 11.3 Å². The highest BCUT2D eigenvalue weighted by molar-refractivity contribution is 7.93. The molecule has 34 heavy (non-hydrogen) atoms. The van der Waals surface area contributed by atoms with Gasteiger partial charge in [-0.3, -0.25) is 0 Å². The third-order valence-electron chi connectivity index (χ3n) is 5.78. The number of carboxylic acids is 1. The number of thiazole rings is 1. The molecule has 5 rings (SSSR count). The molecule has 1 heterocycles. The molecule has 1 aliphatic carbocycles. The number of nitrogens with zero attached hydrogens (tertiary/aromatic N) is 1. The Morgan fingerprint density at radius 3 is 2.21 bits per heavy atom. The SMILES string of the molecule is O=C(O)COc1cccc2c1CCc1sc(S(=O)(=O)C(c3ccccc3)c3ccccc3)nc1-2. The molecule has 1 aliphatic rings. The summed E-state index contributed by atoms with van der Waals surface area (Å²) in [5, 5.41) is 8.10. The third kappa shape index (κ3) is 4.10. The third-order valence-corrected chi connectivity index (χ3v) is 9.38. The van der Waals surface area contributed by atoms with Crippen molar-refractivity contribution in [1.29, 1.82) is 0 Å². The standard InChI is InChI=1S/C26H21NO5S2/c28-23(29)16-32-21-13-7-12-20-19(21)14-15-22-24(20)27-26(33-22)34(30,31)25(17-8-3-1-4-9-17)18-10-5-2-6-11-18/h1-13,25H,14-16H2,(H,28,29). The zero-order valence-electron chi connectivity index (χ0n) is 18.0. The Hall–Kier alpha value is -3.49. The van der Waals surface area contributed by atoms with Crippen LogP contribution in [0, 0.1) is 0 Å². The van der Waals surface area contributed by atoms with Crippen LogP contribution in [0.2, 0.25) is 0 Å². The second-order valence-electron chi connectivity index (χ2n) is 7.96.